The Morgan fingerprint density at radius 2 is 1.41 bits per heavy atom. The molecule has 0 aromatic heterocycles. The molecule has 1 aromatic rings. The SMILES string of the molecule is CN1CCN(C[C@@H](O)CN)CC1.CN1CCN(C[C@@H](O)CNC(=O)OCc2ccccc2)CC1. The van der Waals surface area contributed by atoms with Crippen LogP contribution in [-0.2, 0) is 11.3 Å². The van der Waals surface area contributed by atoms with Gasteiger partial charge in [0.15, 0.2) is 0 Å². The maximum atomic E-state index is 11.6. The molecule has 10 nitrogen and oxygen atoms in total. The number of β-amino-alcohol motifs (C(OH)–C–C–N with tert-alkyl or cyclic N) is 2. The Labute approximate surface area is 204 Å². The number of aliphatic hydroxyl groups is 2. The number of piperazine rings is 2. The number of likely N-dealkylation sites (N-methyl/N-ethyl adjacent to an activating group) is 2. The number of nitrogens with zero attached hydrogens (tertiary/aromatic N) is 4. The van der Waals surface area contributed by atoms with Crippen molar-refractivity contribution in [1.29, 1.82) is 0 Å². The van der Waals surface area contributed by atoms with Crippen molar-refractivity contribution in [3.05, 3.63) is 35.9 Å². The Balaban J connectivity index is 0.000000287. The van der Waals surface area contributed by atoms with E-state index in [4.69, 9.17) is 10.5 Å². The smallest absolute Gasteiger partial charge is 0.407 e. The Kier molecular flexibility index (Phi) is 13.4. The summed E-state index contributed by atoms with van der Waals surface area (Å²) in [7, 11) is 4.22. The molecule has 10 heteroatoms. The summed E-state index contributed by atoms with van der Waals surface area (Å²) in [6.07, 6.45) is -1.43. The fourth-order valence-electron chi connectivity index (χ4n) is 3.77. The van der Waals surface area contributed by atoms with Gasteiger partial charge in [0.25, 0.3) is 0 Å². The van der Waals surface area contributed by atoms with Crippen LogP contribution in [0.2, 0.25) is 0 Å². The summed E-state index contributed by atoms with van der Waals surface area (Å²) < 4.78 is 5.10. The largest absolute Gasteiger partial charge is 0.445 e. The predicted molar refractivity (Wildman–Crippen MR) is 134 cm³/mol. The lowest BCUT2D eigenvalue weighted by atomic mass is 10.2. The van der Waals surface area contributed by atoms with E-state index in [-0.39, 0.29) is 19.3 Å². The highest BCUT2D eigenvalue weighted by molar-refractivity contribution is 5.67. The van der Waals surface area contributed by atoms with Crippen LogP contribution in [-0.4, -0.2) is 141 Å². The number of carbonyl (C=O) groups is 1. The minimum Gasteiger partial charge on any atom is -0.445 e. The van der Waals surface area contributed by atoms with Crippen LogP contribution in [0.3, 0.4) is 0 Å². The van der Waals surface area contributed by atoms with Crippen molar-refractivity contribution in [2.24, 2.45) is 5.73 Å². The van der Waals surface area contributed by atoms with Gasteiger partial charge in [-0.3, -0.25) is 9.80 Å². The molecule has 34 heavy (non-hydrogen) atoms. The molecule has 0 bridgehead atoms. The molecule has 194 valence electrons. The Morgan fingerprint density at radius 3 is 1.91 bits per heavy atom. The highest BCUT2D eigenvalue weighted by Gasteiger charge is 2.18. The summed E-state index contributed by atoms with van der Waals surface area (Å²) in [6.45, 7) is 10.3. The molecule has 2 atom stereocenters. The summed E-state index contributed by atoms with van der Waals surface area (Å²) in [5.41, 5.74) is 6.27. The maximum Gasteiger partial charge on any atom is 0.407 e. The van der Waals surface area contributed by atoms with E-state index < -0.39 is 12.2 Å². The standard InChI is InChI=1S/C16H25N3O3.C8H19N3O/c1-18-7-9-19(10-8-18)12-15(20)11-17-16(21)22-13-14-5-3-2-4-6-14;1-10-2-4-11(5-3-10)7-8(12)6-9/h2-6,15,20H,7-13H2,1H3,(H,17,21);8,12H,2-7,9H2,1H3/t15-;8-/m00/s1. The van der Waals surface area contributed by atoms with Gasteiger partial charge in [0.2, 0.25) is 0 Å². The van der Waals surface area contributed by atoms with Gasteiger partial charge in [-0.05, 0) is 19.7 Å². The number of ether oxygens (including phenoxy) is 1. The molecule has 2 aliphatic heterocycles. The van der Waals surface area contributed by atoms with Gasteiger partial charge in [0, 0.05) is 78.5 Å². The molecule has 0 unspecified atom stereocenters. The molecule has 0 radical (unpaired) electrons. The number of benzene rings is 1. The van der Waals surface area contributed by atoms with Gasteiger partial charge in [-0.25, -0.2) is 4.79 Å². The first-order valence-corrected chi connectivity index (χ1v) is 12.2. The van der Waals surface area contributed by atoms with E-state index in [2.05, 4.69) is 39.0 Å². The summed E-state index contributed by atoms with van der Waals surface area (Å²) in [5, 5.41) is 21.9. The van der Waals surface area contributed by atoms with Crippen molar-refractivity contribution in [3.63, 3.8) is 0 Å². The van der Waals surface area contributed by atoms with Crippen molar-refractivity contribution >= 4 is 6.09 Å². The van der Waals surface area contributed by atoms with Crippen molar-refractivity contribution in [1.82, 2.24) is 24.9 Å². The van der Waals surface area contributed by atoms with Crippen LogP contribution in [0.4, 0.5) is 4.79 Å². The Bertz CT molecular complexity index is 667. The lowest BCUT2D eigenvalue weighted by molar-refractivity contribution is 0.0766. The normalized spacial score (nSPS) is 20.1. The van der Waals surface area contributed by atoms with E-state index in [0.29, 0.717) is 13.1 Å². The molecule has 2 saturated heterocycles. The van der Waals surface area contributed by atoms with Crippen LogP contribution < -0.4 is 11.1 Å². The second-order valence-corrected chi connectivity index (χ2v) is 9.19. The molecule has 0 spiro atoms. The second-order valence-electron chi connectivity index (χ2n) is 9.19. The molecule has 3 rings (SSSR count). The number of hydrogen-bond acceptors (Lipinski definition) is 9. The molecular formula is C24H44N6O4. The first-order valence-electron chi connectivity index (χ1n) is 12.2. The van der Waals surface area contributed by atoms with Crippen LogP contribution in [0, 0.1) is 0 Å². The van der Waals surface area contributed by atoms with Gasteiger partial charge in [-0.2, -0.15) is 0 Å². The zero-order chi connectivity index (χ0) is 24.8. The summed E-state index contributed by atoms with van der Waals surface area (Å²) >= 11 is 0. The number of alkyl carbamates (subject to hydrolysis) is 1. The number of hydrogen-bond donors (Lipinski definition) is 4. The number of aliphatic hydroxyl groups excluding tert-OH is 2. The fourth-order valence-corrected chi connectivity index (χ4v) is 3.77. The van der Waals surface area contributed by atoms with Gasteiger partial charge in [0.05, 0.1) is 12.2 Å². The van der Waals surface area contributed by atoms with Gasteiger partial charge < -0.3 is 35.8 Å². The zero-order valence-electron chi connectivity index (χ0n) is 20.8. The van der Waals surface area contributed by atoms with Gasteiger partial charge >= 0.3 is 6.09 Å². The van der Waals surface area contributed by atoms with Crippen molar-refractivity contribution in [2.45, 2.75) is 18.8 Å². The molecule has 2 heterocycles. The van der Waals surface area contributed by atoms with E-state index in [1.807, 2.05) is 30.3 Å². The number of nitrogens with one attached hydrogen (secondary N) is 1. The third-order valence-corrected chi connectivity index (χ3v) is 6.10. The van der Waals surface area contributed by atoms with Crippen LogP contribution in [0.15, 0.2) is 30.3 Å². The highest BCUT2D eigenvalue weighted by Crippen LogP contribution is 2.02. The Hall–Kier alpha value is -1.79. The van der Waals surface area contributed by atoms with Gasteiger partial charge in [-0.1, -0.05) is 30.3 Å². The minimum atomic E-state index is -0.576. The number of nitrogens with two attached hydrogens (primary N) is 1. The fraction of sp³-hybridized carbons (Fsp3) is 0.708. The number of rotatable bonds is 9. The lowest BCUT2D eigenvalue weighted by Gasteiger charge is -2.33. The van der Waals surface area contributed by atoms with Gasteiger partial charge in [0.1, 0.15) is 6.61 Å². The molecule has 0 aliphatic carbocycles. The molecule has 0 saturated carbocycles. The van der Waals surface area contributed by atoms with Crippen LogP contribution >= 0.6 is 0 Å². The monoisotopic (exact) mass is 480 g/mol. The highest BCUT2D eigenvalue weighted by atomic mass is 16.5. The van der Waals surface area contributed by atoms with E-state index in [0.717, 1.165) is 64.5 Å². The summed E-state index contributed by atoms with van der Waals surface area (Å²) in [4.78, 5) is 20.6. The van der Waals surface area contributed by atoms with Crippen LogP contribution in [0.25, 0.3) is 0 Å². The number of carbonyl (C=O) groups excluding carboxylic acids is 1. The van der Waals surface area contributed by atoms with Crippen LogP contribution in [0.1, 0.15) is 5.56 Å². The number of amides is 1. The average Bonchev–Trinajstić information content (AvgIpc) is 2.85. The Morgan fingerprint density at radius 1 is 0.912 bits per heavy atom. The third-order valence-electron chi connectivity index (χ3n) is 6.10. The van der Waals surface area contributed by atoms with E-state index in [1.165, 1.54) is 0 Å². The molecule has 2 fully saturated rings. The van der Waals surface area contributed by atoms with Crippen LogP contribution in [0.5, 0.6) is 0 Å². The van der Waals surface area contributed by atoms with Crippen molar-refractivity contribution in [3.8, 4) is 0 Å². The quantitative estimate of drug-likeness (QED) is 0.356. The summed E-state index contributed by atoms with van der Waals surface area (Å²) in [6, 6.07) is 9.51. The van der Waals surface area contributed by atoms with Crippen molar-refractivity contribution in [2.75, 3.05) is 92.6 Å². The zero-order valence-corrected chi connectivity index (χ0v) is 20.8. The first-order chi connectivity index (χ1) is 16.4. The predicted octanol–water partition coefficient (Wildman–Crippen LogP) is -0.925. The molecule has 1 amide bonds. The third kappa shape index (κ3) is 12.1. The van der Waals surface area contributed by atoms with Crippen molar-refractivity contribution < 1.29 is 19.7 Å². The average molecular weight is 481 g/mol. The van der Waals surface area contributed by atoms with E-state index in [9.17, 15) is 15.0 Å². The first kappa shape index (κ1) is 28.4. The molecule has 2 aliphatic rings. The lowest BCUT2D eigenvalue weighted by Crippen LogP contribution is -2.48. The molecule has 1 aromatic carbocycles. The van der Waals surface area contributed by atoms with E-state index in [1.54, 1.807) is 0 Å². The van der Waals surface area contributed by atoms with Gasteiger partial charge in [-0.15, -0.1) is 0 Å². The second kappa shape index (κ2) is 16.0. The maximum absolute atomic E-state index is 11.6. The molecular weight excluding hydrogens is 436 g/mol. The minimum absolute atomic E-state index is 0.208. The topological polar surface area (TPSA) is 118 Å². The summed E-state index contributed by atoms with van der Waals surface area (Å²) in [5.74, 6) is 0. The molecule has 5 N–H and O–H groups in total. The van der Waals surface area contributed by atoms with E-state index >= 15 is 0 Å².